The summed E-state index contributed by atoms with van der Waals surface area (Å²) in [5.74, 6) is 0.803. The van der Waals surface area contributed by atoms with Gasteiger partial charge in [-0.25, -0.2) is 0 Å². The number of ether oxygens (including phenoxy) is 3. The molecule has 4 nitrogen and oxygen atoms in total. The molecule has 0 bridgehead atoms. The second-order valence-corrected chi connectivity index (χ2v) is 4.59. The van der Waals surface area contributed by atoms with Crippen molar-refractivity contribution in [1.82, 2.24) is 0 Å². The molecule has 0 aliphatic heterocycles. The Labute approximate surface area is 121 Å². The molecule has 1 unspecified atom stereocenters. The van der Waals surface area contributed by atoms with Gasteiger partial charge in [-0.1, -0.05) is 0 Å². The molecule has 0 radical (unpaired) electrons. The van der Waals surface area contributed by atoms with Crippen molar-refractivity contribution in [3.63, 3.8) is 0 Å². The van der Waals surface area contributed by atoms with Crippen LogP contribution >= 0.6 is 0 Å². The first kappa shape index (κ1) is 16.7. The van der Waals surface area contributed by atoms with Gasteiger partial charge < -0.3 is 14.2 Å². The zero-order chi connectivity index (χ0) is 15.0. The van der Waals surface area contributed by atoms with Gasteiger partial charge in [-0.3, -0.25) is 4.79 Å². The Balaban J connectivity index is 2.74. The summed E-state index contributed by atoms with van der Waals surface area (Å²) in [5, 5.41) is 0. The van der Waals surface area contributed by atoms with Crippen molar-refractivity contribution < 1.29 is 19.0 Å². The lowest BCUT2D eigenvalue weighted by atomic mass is 10.1. The van der Waals surface area contributed by atoms with Crippen molar-refractivity contribution >= 4 is 5.78 Å². The lowest BCUT2D eigenvalue weighted by molar-refractivity contribution is -0.0122. The summed E-state index contributed by atoms with van der Waals surface area (Å²) >= 11 is 0. The SMILES string of the molecule is CCOCC(C)OCc1cc(C(C)=O)ccc1OCC. The van der Waals surface area contributed by atoms with E-state index in [9.17, 15) is 4.79 Å². The summed E-state index contributed by atoms with van der Waals surface area (Å²) in [5.41, 5.74) is 1.56. The number of carbonyl (C=O) groups excluding carboxylic acids is 1. The van der Waals surface area contributed by atoms with Crippen molar-refractivity contribution in [1.29, 1.82) is 0 Å². The normalized spacial score (nSPS) is 12.2. The van der Waals surface area contributed by atoms with Gasteiger partial charge in [-0.15, -0.1) is 0 Å². The van der Waals surface area contributed by atoms with Crippen LogP contribution in [0.5, 0.6) is 5.75 Å². The number of carbonyl (C=O) groups is 1. The molecular weight excluding hydrogens is 256 g/mol. The quantitative estimate of drug-likeness (QED) is 0.651. The van der Waals surface area contributed by atoms with Gasteiger partial charge in [0.25, 0.3) is 0 Å². The molecule has 1 aromatic carbocycles. The van der Waals surface area contributed by atoms with E-state index in [1.165, 1.54) is 0 Å². The highest BCUT2D eigenvalue weighted by molar-refractivity contribution is 5.94. The molecule has 112 valence electrons. The molecule has 0 saturated heterocycles. The van der Waals surface area contributed by atoms with Crippen LogP contribution in [-0.2, 0) is 16.1 Å². The van der Waals surface area contributed by atoms with Crippen LogP contribution in [-0.4, -0.2) is 31.7 Å². The minimum Gasteiger partial charge on any atom is -0.494 e. The van der Waals surface area contributed by atoms with Gasteiger partial charge in [0.1, 0.15) is 5.75 Å². The minimum absolute atomic E-state index is 0.00501. The first-order valence-corrected chi connectivity index (χ1v) is 7.04. The van der Waals surface area contributed by atoms with E-state index in [0.29, 0.717) is 32.0 Å². The fourth-order valence-corrected chi connectivity index (χ4v) is 1.77. The van der Waals surface area contributed by atoms with Crippen LogP contribution in [0.15, 0.2) is 18.2 Å². The molecule has 0 saturated carbocycles. The van der Waals surface area contributed by atoms with Crippen LogP contribution in [0.3, 0.4) is 0 Å². The average molecular weight is 280 g/mol. The molecule has 1 atom stereocenters. The molecule has 1 aromatic rings. The Morgan fingerprint density at radius 1 is 1.25 bits per heavy atom. The Kier molecular flexibility index (Phi) is 7.26. The predicted molar refractivity (Wildman–Crippen MR) is 78.4 cm³/mol. The van der Waals surface area contributed by atoms with Gasteiger partial charge in [-0.05, 0) is 45.9 Å². The summed E-state index contributed by atoms with van der Waals surface area (Å²) in [6.07, 6.45) is 0.00501. The number of benzene rings is 1. The van der Waals surface area contributed by atoms with Gasteiger partial charge in [0.15, 0.2) is 5.78 Å². The molecule has 0 amide bonds. The molecule has 0 fully saturated rings. The summed E-state index contributed by atoms with van der Waals surface area (Å²) in [4.78, 5) is 11.4. The van der Waals surface area contributed by atoms with Gasteiger partial charge in [0.2, 0.25) is 0 Å². The van der Waals surface area contributed by atoms with Crippen LogP contribution < -0.4 is 4.74 Å². The number of ketones is 1. The third-order valence-electron chi connectivity index (χ3n) is 2.85. The fourth-order valence-electron chi connectivity index (χ4n) is 1.77. The molecule has 0 N–H and O–H groups in total. The molecule has 1 rings (SSSR count). The third kappa shape index (κ3) is 5.31. The van der Waals surface area contributed by atoms with Gasteiger partial charge in [0.05, 0.1) is 25.9 Å². The second-order valence-electron chi connectivity index (χ2n) is 4.59. The lowest BCUT2D eigenvalue weighted by Gasteiger charge is -2.16. The number of rotatable bonds is 9. The van der Waals surface area contributed by atoms with E-state index in [2.05, 4.69) is 0 Å². The van der Waals surface area contributed by atoms with Crippen LogP contribution in [0.4, 0.5) is 0 Å². The van der Waals surface area contributed by atoms with Crippen molar-refractivity contribution in [3.05, 3.63) is 29.3 Å². The second kappa shape index (κ2) is 8.72. The van der Waals surface area contributed by atoms with E-state index >= 15 is 0 Å². The van der Waals surface area contributed by atoms with Crippen LogP contribution in [0.2, 0.25) is 0 Å². The van der Waals surface area contributed by atoms with Crippen LogP contribution in [0, 0.1) is 0 Å². The maximum Gasteiger partial charge on any atom is 0.159 e. The lowest BCUT2D eigenvalue weighted by Crippen LogP contribution is -2.16. The molecule has 0 aliphatic rings. The molecule has 0 aliphatic carbocycles. The summed E-state index contributed by atoms with van der Waals surface area (Å²) in [7, 11) is 0. The summed E-state index contributed by atoms with van der Waals surface area (Å²) in [6.45, 7) is 9.64. The van der Waals surface area contributed by atoms with E-state index in [0.717, 1.165) is 11.3 Å². The monoisotopic (exact) mass is 280 g/mol. The van der Waals surface area contributed by atoms with Gasteiger partial charge in [-0.2, -0.15) is 0 Å². The number of hydrogen-bond donors (Lipinski definition) is 0. The first-order chi connectivity index (χ1) is 9.58. The molecular formula is C16H24O4. The van der Waals surface area contributed by atoms with Crippen molar-refractivity contribution in [2.45, 2.75) is 40.4 Å². The molecule has 0 spiro atoms. The van der Waals surface area contributed by atoms with Crippen LogP contribution in [0.1, 0.15) is 43.6 Å². The summed E-state index contributed by atoms with van der Waals surface area (Å²) in [6, 6.07) is 5.44. The zero-order valence-electron chi connectivity index (χ0n) is 12.8. The Morgan fingerprint density at radius 3 is 2.60 bits per heavy atom. The van der Waals surface area contributed by atoms with Gasteiger partial charge >= 0.3 is 0 Å². The third-order valence-corrected chi connectivity index (χ3v) is 2.85. The molecule has 4 heteroatoms. The van der Waals surface area contributed by atoms with E-state index in [-0.39, 0.29) is 11.9 Å². The Bertz CT molecular complexity index is 428. The summed E-state index contributed by atoms with van der Waals surface area (Å²) < 4.78 is 16.6. The Morgan fingerprint density at radius 2 is 2.00 bits per heavy atom. The highest BCUT2D eigenvalue weighted by Crippen LogP contribution is 2.22. The Hall–Kier alpha value is -1.39. The van der Waals surface area contributed by atoms with Crippen molar-refractivity contribution in [2.75, 3.05) is 19.8 Å². The number of hydrogen-bond acceptors (Lipinski definition) is 4. The molecule has 0 heterocycles. The first-order valence-electron chi connectivity index (χ1n) is 7.04. The largest absolute Gasteiger partial charge is 0.494 e. The van der Waals surface area contributed by atoms with Crippen molar-refractivity contribution in [2.24, 2.45) is 0 Å². The average Bonchev–Trinajstić information content (AvgIpc) is 2.44. The van der Waals surface area contributed by atoms with Gasteiger partial charge in [0, 0.05) is 17.7 Å². The molecule has 0 aromatic heterocycles. The standard InChI is InChI=1S/C16H24O4/c1-5-18-10-12(3)20-11-15-9-14(13(4)17)7-8-16(15)19-6-2/h7-9,12H,5-6,10-11H2,1-4H3. The van der Waals surface area contributed by atoms with Crippen molar-refractivity contribution in [3.8, 4) is 5.75 Å². The molecule has 20 heavy (non-hydrogen) atoms. The van der Waals surface area contributed by atoms with Crippen LogP contribution in [0.25, 0.3) is 0 Å². The number of Topliss-reactive ketones (excluding diaryl/α,β-unsaturated/α-hetero) is 1. The maximum absolute atomic E-state index is 11.4. The smallest absolute Gasteiger partial charge is 0.159 e. The zero-order valence-corrected chi connectivity index (χ0v) is 12.8. The topological polar surface area (TPSA) is 44.8 Å². The highest BCUT2D eigenvalue weighted by Gasteiger charge is 2.10. The maximum atomic E-state index is 11.4. The van der Waals surface area contributed by atoms with E-state index < -0.39 is 0 Å². The fraction of sp³-hybridized carbons (Fsp3) is 0.562. The van der Waals surface area contributed by atoms with E-state index in [4.69, 9.17) is 14.2 Å². The highest BCUT2D eigenvalue weighted by atomic mass is 16.5. The van der Waals surface area contributed by atoms with E-state index in [1.54, 1.807) is 13.0 Å². The minimum atomic E-state index is 0.00501. The predicted octanol–water partition coefficient (Wildman–Crippen LogP) is 3.23. The van der Waals surface area contributed by atoms with E-state index in [1.807, 2.05) is 32.9 Å².